The number of ether oxygens (including phenoxy) is 1. The van der Waals surface area contributed by atoms with Crippen LogP contribution in [0, 0.1) is 0 Å². The zero-order valence-corrected chi connectivity index (χ0v) is 21.1. The minimum atomic E-state index is -4.58. The quantitative estimate of drug-likeness (QED) is 0.605. The van der Waals surface area contributed by atoms with Gasteiger partial charge in [-0.25, -0.2) is 0 Å². The number of likely N-dealkylation sites (tertiary alicyclic amines) is 1. The van der Waals surface area contributed by atoms with Crippen molar-refractivity contribution in [1.29, 1.82) is 0 Å². The summed E-state index contributed by atoms with van der Waals surface area (Å²) in [5.74, 6) is 1.16. The molecule has 0 spiro atoms. The number of hydrogen-bond acceptors (Lipinski definition) is 7. The lowest BCUT2D eigenvalue weighted by molar-refractivity contribution is -0.147. The van der Waals surface area contributed by atoms with Gasteiger partial charge < -0.3 is 14.5 Å². The van der Waals surface area contributed by atoms with E-state index in [2.05, 4.69) is 37.2 Å². The van der Waals surface area contributed by atoms with E-state index in [4.69, 9.17) is 4.74 Å². The van der Waals surface area contributed by atoms with Crippen LogP contribution in [-0.4, -0.2) is 93.7 Å². The van der Waals surface area contributed by atoms with E-state index in [1.54, 1.807) is 4.90 Å². The lowest BCUT2D eigenvalue weighted by atomic mass is 9.89. The van der Waals surface area contributed by atoms with Gasteiger partial charge in [0.15, 0.2) is 5.82 Å². The zero-order valence-electron chi connectivity index (χ0n) is 21.1. The first-order valence-corrected chi connectivity index (χ1v) is 12.7. The van der Waals surface area contributed by atoms with Gasteiger partial charge in [-0.15, -0.1) is 10.2 Å². The molecule has 0 radical (unpaired) electrons. The third-order valence-electron chi connectivity index (χ3n) is 7.35. The van der Waals surface area contributed by atoms with Gasteiger partial charge in [-0.1, -0.05) is 12.1 Å². The Balaban J connectivity index is 1.13. The lowest BCUT2D eigenvalue weighted by Gasteiger charge is -2.35. The van der Waals surface area contributed by atoms with Gasteiger partial charge in [0.1, 0.15) is 17.7 Å². The number of amidine groups is 1. The number of piperidine rings is 1. The summed E-state index contributed by atoms with van der Waals surface area (Å²) < 4.78 is 46.6. The average molecular weight is 520 g/mol. The Bertz CT molecular complexity index is 1140. The van der Waals surface area contributed by atoms with E-state index in [0.29, 0.717) is 37.7 Å². The van der Waals surface area contributed by atoms with E-state index in [0.717, 1.165) is 49.4 Å². The highest BCUT2D eigenvalue weighted by molar-refractivity contribution is 5.83. The van der Waals surface area contributed by atoms with Crippen molar-refractivity contribution >= 4 is 11.7 Å². The van der Waals surface area contributed by atoms with Crippen LogP contribution in [0.3, 0.4) is 0 Å². The van der Waals surface area contributed by atoms with Crippen LogP contribution in [0.4, 0.5) is 13.2 Å². The smallest absolute Gasteiger partial charge is 0.453 e. The number of halogens is 3. The van der Waals surface area contributed by atoms with Crippen LogP contribution in [0.2, 0.25) is 0 Å². The van der Waals surface area contributed by atoms with E-state index in [-0.39, 0.29) is 17.8 Å². The standard InChI is InChI=1S/C25H32F3N7O2/c1-17(15-33-14-13-32(2)23(36)16-33)37-20-5-3-18(4-6-20)19-9-11-34(12-10-19)22-8-7-21-29-30-24(25(26,27)28)35(21)31-22/h3-6,17,19H,7-16H2,1-2H3. The van der Waals surface area contributed by atoms with Crippen molar-refractivity contribution in [2.75, 3.05) is 46.3 Å². The van der Waals surface area contributed by atoms with E-state index in [1.165, 1.54) is 5.56 Å². The molecule has 1 unspecified atom stereocenters. The Morgan fingerprint density at radius 2 is 1.78 bits per heavy atom. The molecule has 2 aromatic rings. The Morgan fingerprint density at radius 1 is 1.05 bits per heavy atom. The second-order valence-electron chi connectivity index (χ2n) is 10.1. The first kappa shape index (κ1) is 25.5. The van der Waals surface area contributed by atoms with Gasteiger partial charge in [-0.2, -0.15) is 22.9 Å². The second-order valence-corrected chi connectivity index (χ2v) is 10.1. The first-order chi connectivity index (χ1) is 17.7. The number of aryl methyl sites for hydroxylation is 1. The molecule has 0 aliphatic carbocycles. The number of likely N-dealkylation sites (N-methyl/N-ethyl adjacent to an activating group) is 1. The molecule has 4 heterocycles. The van der Waals surface area contributed by atoms with Crippen LogP contribution in [0.15, 0.2) is 29.4 Å². The van der Waals surface area contributed by atoms with Crippen LogP contribution in [0.25, 0.3) is 0 Å². The van der Waals surface area contributed by atoms with Crippen LogP contribution in [0.1, 0.15) is 49.3 Å². The maximum atomic E-state index is 13.2. The molecule has 3 aliphatic rings. The lowest BCUT2D eigenvalue weighted by Crippen LogP contribution is -2.50. The van der Waals surface area contributed by atoms with Gasteiger partial charge in [0.2, 0.25) is 5.91 Å². The van der Waals surface area contributed by atoms with Gasteiger partial charge >= 0.3 is 6.18 Å². The third-order valence-corrected chi connectivity index (χ3v) is 7.35. The van der Waals surface area contributed by atoms with Crippen molar-refractivity contribution < 1.29 is 22.7 Å². The Kier molecular flexibility index (Phi) is 7.11. The number of piperazine rings is 1. The van der Waals surface area contributed by atoms with E-state index < -0.39 is 12.0 Å². The van der Waals surface area contributed by atoms with Crippen molar-refractivity contribution in [3.63, 3.8) is 0 Å². The Hall–Kier alpha value is -3.15. The van der Waals surface area contributed by atoms with Gasteiger partial charge in [0.05, 0.1) is 6.54 Å². The highest BCUT2D eigenvalue weighted by Crippen LogP contribution is 2.32. The van der Waals surface area contributed by atoms with Crippen LogP contribution < -0.4 is 4.74 Å². The molecule has 200 valence electrons. The largest absolute Gasteiger partial charge is 0.489 e. The number of alkyl halides is 3. The van der Waals surface area contributed by atoms with Crippen molar-refractivity contribution in [3.05, 3.63) is 41.5 Å². The third kappa shape index (κ3) is 5.73. The Morgan fingerprint density at radius 3 is 2.46 bits per heavy atom. The van der Waals surface area contributed by atoms with Crippen molar-refractivity contribution in [2.24, 2.45) is 5.10 Å². The number of nitrogens with zero attached hydrogens (tertiary/aromatic N) is 7. The molecule has 37 heavy (non-hydrogen) atoms. The summed E-state index contributed by atoms with van der Waals surface area (Å²) >= 11 is 0. The van der Waals surface area contributed by atoms with Crippen LogP contribution in [0.5, 0.6) is 5.75 Å². The van der Waals surface area contributed by atoms with Crippen LogP contribution in [-0.2, 0) is 17.4 Å². The van der Waals surface area contributed by atoms with Gasteiger partial charge in [0.25, 0.3) is 5.82 Å². The number of carbonyl (C=O) groups excluding carboxylic acids is 1. The van der Waals surface area contributed by atoms with Crippen molar-refractivity contribution in [1.82, 2.24) is 29.6 Å². The average Bonchev–Trinajstić information content (AvgIpc) is 3.31. The van der Waals surface area contributed by atoms with Crippen molar-refractivity contribution in [2.45, 2.75) is 50.8 Å². The molecule has 9 nitrogen and oxygen atoms in total. The first-order valence-electron chi connectivity index (χ1n) is 12.7. The molecule has 1 aromatic heterocycles. The molecule has 1 amide bonds. The number of carbonyl (C=O) groups is 1. The molecule has 0 N–H and O–H groups in total. The molecule has 0 bridgehead atoms. The molecule has 0 saturated carbocycles. The van der Waals surface area contributed by atoms with E-state index in [9.17, 15) is 18.0 Å². The van der Waals surface area contributed by atoms with Crippen molar-refractivity contribution in [3.8, 4) is 5.75 Å². The molecule has 12 heteroatoms. The fourth-order valence-corrected chi connectivity index (χ4v) is 5.25. The fraction of sp³-hybridized carbons (Fsp3) is 0.600. The summed E-state index contributed by atoms with van der Waals surface area (Å²) in [6, 6.07) is 8.17. The SMILES string of the molecule is CC(CN1CCN(C)C(=O)C1)Oc1ccc(C2CCN(C3=Nn4c(nnc4C(F)(F)F)CC3)CC2)cc1. The van der Waals surface area contributed by atoms with Gasteiger partial charge in [0, 0.05) is 52.6 Å². The molecular weight excluding hydrogens is 487 g/mol. The number of hydrogen-bond donors (Lipinski definition) is 0. The summed E-state index contributed by atoms with van der Waals surface area (Å²) in [4.78, 5) is 17.9. The van der Waals surface area contributed by atoms with Gasteiger partial charge in [-0.05, 0) is 43.4 Å². The zero-order chi connectivity index (χ0) is 26.2. The van der Waals surface area contributed by atoms with E-state index in [1.807, 2.05) is 26.1 Å². The number of rotatable bonds is 5. The van der Waals surface area contributed by atoms with E-state index >= 15 is 0 Å². The summed E-state index contributed by atoms with van der Waals surface area (Å²) in [5.41, 5.74) is 1.23. The number of fused-ring (bicyclic) bond motifs is 1. The second kappa shape index (κ2) is 10.3. The maximum Gasteiger partial charge on any atom is 0.453 e. The fourth-order valence-electron chi connectivity index (χ4n) is 5.25. The molecule has 1 atom stereocenters. The minimum absolute atomic E-state index is 0.0364. The molecule has 1 aromatic carbocycles. The normalized spacial score (nSPS) is 20.6. The predicted molar refractivity (Wildman–Crippen MR) is 130 cm³/mol. The van der Waals surface area contributed by atoms with Gasteiger partial charge in [-0.3, -0.25) is 9.69 Å². The molecular formula is C25H32F3N7O2. The topological polar surface area (TPSA) is 79.1 Å². The minimum Gasteiger partial charge on any atom is -0.489 e. The maximum absolute atomic E-state index is 13.2. The highest BCUT2D eigenvalue weighted by Gasteiger charge is 2.40. The molecule has 3 aliphatic heterocycles. The number of benzene rings is 1. The summed E-state index contributed by atoms with van der Waals surface area (Å²) in [6.07, 6.45) is -1.87. The molecule has 2 saturated heterocycles. The summed E-state index contributed by atoms with van der Waals surface area (Å²) in [5, 5.41) is 11.2. The molecule has 2 fully saturated rings. The Labute approximate surface area is 213 Å². The molecule has 5 rings (SSSR count). The number of amides is 1. The number of aromatic nitrogens is 3. The monoisotopic (exact) mass is 519 g/mol. The predicted octanol–water partition coefficient (Wildman–Crippen LogP) is 2.83. The van der Waals surface area contributed by atoms with Crippen LogP contribution >= 0.6 is 0 Å². The summed E-state index contributed by atoms with van der Waals surface area (Å²) in [6.45, 7) is 6.21. The summed E-state index contributed by atoms with van der Waals surface area (Å²) in [7, 11) is 1.83. The highest BCUT2D eigenvalue weighted by atomic mass is 19.4.